The summed E-state index contributed by atoms with van der Waals surface area (Å²) in [5, 5.41) is 4.56. The summed E-state index contributed by atoms with van der Waals surface area (Å²) in [6, 6.07) is 0. The van der Waals surface area contributed by atoms with Gasteiger partial charge in [-0.25, -0.2) is 4.98 Å². The maximum atomic E-state index is 5.69. The zero-order valence-electron chi connectivity index (χ0n) is 19.5. The predicted octanol–water partition coefficient (Wildman–Crippen LogP) is 6.58. The van der Waals surface area contributed by atoms with Gasteiger partial charge in [-0.1, -0.05) is 25.9 Å². The average molecular weight is 413 g/mol. The predicted molar refractivity (Wildman–Crippen MR) is 119 cm³/mol. The fourth-order valence-corrected chi connectivity index (χ4v) is 8.21. The molecule has 1 heterocycles. The van der Waals surface area contributed by atoms with Gasteiger partial charge >= 0.3 is 0 Å². The summed E-state index contributed by atoms with van der Waals surface area (Å²) < 4.78 is 5.51. The molecule has 4 nitrogen and oxygen atoms in total. The molecule has 0 saturated heterocycles. The van der Waals surface area contributed by atoms with Crippen LogP contribution in [0.15, 0.2) is 15.8 Å². The Morgan fingerprint density at radius 2 is 1.93 bits per heavy atom. The smallest absolute Gasteiger partial charge is 0.191 e. The average Bonchev–Trinajstić information content (AvgIpc) is 3.28. The van der Waals surface area contributed by atoms with Crippen molar-refractivity contribution in [3.8, 4) is 0 Å². The first-order chi connectivity index (χ1) is 14.4. The number of aryl methyl sites for hydroxylation is 1. The number of oxazole rings is 1. The van der Waals surface area contributed by atoms with Gasteiger partial charge in [0.1, 0.15) is 12.4 Å². The third-order valence-electron chi connectivity index (χ3n) is 10.3. The van der Waals surface area contributed by atoms with Crippen molar-refractivity contribution in [1.82, 2.24) is 4.98 Å². The zero-order valence-corrected chi connectivity index (χ0v) is 19.5. The monoisotopic (exact) mass is 412 g/mol. The van der Waals surface area contributed by atoms with Crippen LogP contribution in [0.4, 0.5) is 0 Å². The van der Waals surface area contributed by atoms with Crippen LogP contribution in [-0.2, 0) is 11.3 Å². The Hall–Kier alpha value is -1.32. The lowest BCUT2D eigenvalue weighted by Crippen LogP contribution is -2.53. The van der Waals surface area contributed by atoms with Crippen molar-refractivity contribution in [2.75, 3.05) is 6.61 Å². The molecule has 0 radical (unpaired) electrons. The number of hydrogen-bond acceptors (Lipinski definition) is 4. The second-order valence-corrected chi connectivity index (χ2v) is 11.5. The molecule has 166 valence electrons. The summed E-state index contributed by atoms with van der Waals surface area (Å²) >= 11 is 0. The first-order valence-corrected chi connectivity index (χ1v) is 12.5. The molecule has 0 aliphatic heterocycles. The van der Waals surface area contributed by atoms with Crippen LogP contribution in [0.25, 0.3) is 0 Å². The summed E-state index contributed by atoms with van der Waals surface area (Å²) in [7, 11) is 0. The number of fused-ring (bicyclic) bond motifs is 5. The SMILES string of the molecule is Cc1ncc(CCON=C2CC[C@@]3(C)C(CCC4C3CC[C@@]3(C)C4CC[C@@H]3C)C2)o1. The summed E-state index contributed by atoms with van der Waals surface area (Å²) in [5.41, 5.74) is 2.44. The van der Waals surface area contributed by atoms with Crippen LogP contribution in [0.3, 0.4) is 0 Å². The number of nitrogens with zero attached hydrogens (tertiary/aromatic N) is 2. The maximum absolute atomic E-state index is 5.69. The molecule has 7 atom stereocenters. The highest BCUT2D eigenvalue weighted by atomic mass is 16.6. The van der Waals surface area contributed by atoms with Crippen LogP contribution in [-0.4, -0.2) is 17.3 Å². The molecule has 4 aliphatic carbocycles. The summed E-state index contributed by atoms with van der Waals surface area (Å²) in [5.74, 6) is 6.24. The van der Waals surface area contributed by atoms with E-state index in [1.165, 1.54) is 50.7 Å². The molecule has 0 N–H and O–H groups in total. The summed E-state index contributed by atoms with van der Waals surface area (Å²) in [4.78, 5) is 9.83. The van der Waals surface area contributed by atoms with Gasteiger partial charge in [0, 0.05) is 13.3 Å². The number of aromatic nitrogens is 1. The molecule has 5 rings (SSSR count). The van der Waals surface area contributed by atoms with E-state index in [0.717, 1.165) is 54.6 Å². The normalized spacial score (nSPS) is 44.4. The quantitative estimate of drug-likeness (QED) is 0.415. The van der Waals surface area contributed by atoms with Crippen molar-refractivity contribution >= 4 is 5.71 Å². The van der Waals surface area contributed by atoms with Gasteiger partial charge < -0.3 is 9.25 Å². The Labute approximate surface area is 182 Å². The Balaban J connectivity index is 1.21. The van der Waals surface area contributed by atoms with E-state index < -0.39 is 0 Å². The number of oxime groups is 1. The van der Waals surface area contributed by atoms with Gasteiger partial charge in [0.15, 0.2) is 5.89 Å². The molecule has 0 spiro atoms. The van der Waals surface area contributed by atoms with Gasteiger partial charge in [0.2, 0.25) is 0 Å². The highest BCUT2D eigenvalue weighted by molar-refractivity contribution is 5.85. The molecule has 4 fully saturated rings. The van der Waals surface area contributed by atoms with E-state index in [9.17, 15) is 0 Å². The van der Waals surface area contributed by atoms with Crippen molar-refractivity contribution in [3.05, 3.63) is 17.8 Å². The second-order valence-electron chi connectivity index (χ2n) is 11.5. The van der Waals surface area contributed by atoms with Crippen molar-refractivity contribution in [1.29, 1.82) is 0 Å². The molecule has 1 aromatic heterocycles. The van der Waals surface area contributed by atoms with E-state index in [0.29, 0.717) is 23.3 Å². The first-order valence-electron chi connectivity index (χ1n) is 12.5. The molecule has 4 aliphatic rings. The second kappa shape index (κ2) is 7.67. The Morgan fingerprint density at radius 3 is 2.73 bits per heavy atom. The van der Waals surface area contributed by atoms with E-state index in [2.05, 4.69) is 30.9 Å². The van der Waals surface area contributed by atoms with Crippen molar-refractivity contribution in [2.45, 2.75) is 91.9 Å². The molecule has 4 unspecified atom stereocenters. The fourth-order valence-electron chi connectivity index (χ4n) is 8.21. The summed E-state index contributed by atoms with van der Waals surface area (Å²) in [6.07, 6.45) is 14.8. The first kappa shape index (κ1) is 20.6. The van der Waals surface area contributed by atoms with Gasteiger partial charge in [-0.05, 0) is 98.2 Å². The van der Waals surface area contributed by atoms with Gasteiger partial charge in [0.05, 0.1) is 11.9 Å². The minimum atomic E-state index is 0.520. The summed E-state index contributed by atoms with van der Waals surface area (Å²) in [6.45, 7) is 10.2. The maximum Gasteiger partial charge on any atom is 0.191 e. The number of hydrogen-bond donors (Lipinski definition) is 0. The highest BCUT2D eigenvalue weighted by Crippen LogP contribution is 2.67. The topological polar surface area (TPSA) is 47.6 Å². The van der Waals surface area contributed by atoms with Gasteiger partial charge in [-0.2, -0.15) is 0 Å². The van der Waals surface area contributed by atoms with Gasteiger partial charge in [-0.15, -0.1) is 0 Å². The third kappa shape index (κ3) is 3.33. The Morgan fingerprint density at radius 1 is 1.10 bits per heavy atom. The molecule has 4 heteroatoms. The molecule has 1 aromatic rings. The minimum Gasteiger partial charge on any atom is -0.446 e. The zero-order chi connectivity index (χ0) is 20.9. The van der Waals surface area contributed by atoms with Gasteiger partial charge in [-0.3, -0.25) is 0 Å². The number of rotatable bonds is 4. The standard InChI is InChI=1S/C26H40N2O2/c1-17-5-8-23-22-7-6-19-15-20(28-29-14-11-21-16-27-18(2)30-21)9-12-26(19,4)24(22)10-13-25(17,23)3/h16-17,19,22-24H,5-15H2,1-4H3/t17-,19?,22?,23?,24?,25+,26-/m0/s1. The molecule has 0 amide bonds. The van der Waals surface area contributed by atoms with Crippen LogP contribution in [0.1, 0.15) is 90.2 Å². The Kier molecular flexibility index (Phi) is 5.26. The van der Waals surface area contributed by atoms with Crippen LogP contribution in [0.2, 0.25) is 0 Å². The lowest BCUT2D eigenvalue weighted by atomic mass is 9.45. The van der Waals surface area contributed by atoms with Crippen molar-refractivity contribution < 1.29 is 9.25 Å². The lowest BCUT2D eigenvalue weighted by molar-refractivity contribution is -0.0994. The fraction of sp³-hybridized carbons (Fsp3) is 0.846. The van der Waals surface area contributed by atoms with Crippen LogP contribution in [0, 0.1) is 47.3 Å². The van der Waals surface area contributed by atoms with E-state index in [1.54, 1.807) is 6.20 Å². The molecule has 0 aromatic carbocycles. The molecule has 4 saturated carbocycles. The Bertz CT molecular complexity index is 801. The minimum absolute atomic E-state index is 0.520. The lowest BCUT2D eigenvalue weighted by Gasteiger charge is -2.60. The molecular formula is C26H40N2O2. The van der Waals surface area contributed by atoms with E-state index >= 15 is 0 Å². The van der Waals surface area contributed by atoms with E-state index in [-0.39, 0.29) is 0 Å². The molecular weight excluding hydrogens is 372 g/mol. The largest absolute Gasteiger partial charge is 0.446 e. The van der Waals surface area contributed by atoms with Crippen LogP contribution >= 0.6 is 0 Å². The van der Waals surface area contributed by atoms with Gasteiger partial charge in [0.25, 0.3) is 0 Å². The van der Waals surface area contributed by atoms with Crippen molar-refractivity contribution in [3.63, 3.8) is 0 Å². The molecule has 0 bridgehead atoms. The van der Waals surface area contributed by atoms with E-state index in [4.69, 9.17) is 9.25 Å². The van der Waals surface area contributed by atoms with Crippen molar-refractivity contribution in [2.24, 2.45) is 45.6 Å². The van der Waals surface area contributed by atoms with Crippen LogP contribution < -0.4 is 0 Å². The van der Waals surface area contributed by atoms with Crippen LogP contribution in [0.5, 0.6) is 0 Å². The highest BCUT2D eigenvalue weighted by Gasteiger charge is 2.59. The van der Waals surface area contributed by atoms with E-state index in [1.807, 2.05) is 6.92 Å². The molecule has 30 heavy (non-hydrogen) atoms. The third-order valence-corrected chi connectivity index (χ3v) is 10.3.